The zero-order valence-electron chi connectivity index (χ0n) is 11.7. The van der Waals surface area contributed by atoms with E-state index in [1.807, 2.05) is 18.2 Å². The molecule has 0 aliphatic carbocycles. The van der Waals surface area contributed by atoms with Gasteiger partial charge in [0.1, 0.15) is 17.2 Å². The number of pyridine rings is 1. The van der Waals surface area contributed by atoms with Crippen molar-refractivity contribution in [3.8, 4) is 11.5 Å². The molecule has 6 heteroatoms. The fraction of sp³-hybridized carbons (Fsp3) is 0.200. The molecular weight excluding hydrogens is 334 g/mol. The van der Waals surface area contributed by atoms with E-state index in [4.69, 9.17) is 15.7 Å². The van der Waals surface area contributed by atoms with Gasteiger partial charge in [0.15, 0.2) is 5.84 Å². The highest BCUT2D eigenvalue weighted by atomic mass is 79.9. The maximum Gasteiger partial charge on any atom is 0.188 e. The fourth-order valence-corrected chi connectivity index (χ4v) is 2.24. The molecule has 0 saturated heterocycles. The molecule has 5 nitrogen and oxygen atoms in total. The van der Waals surface area contributed by atoms with Crippen molar-refractivity contribution < 1.29 is 9.94 Å². The van der Waals surface area contributed by atoms with E-state index in [-0.39, 0.29) is 5.84 Å². The predicted molar refractivity (Wildman–Crippen MR) is 85.1 cm³/mol. The first-order chi connectivity index (χ1) is 10.0. The number of nitrogens with two attached hydrogens (primary N) is 1. The van der Waals surface area contributed by atoms with Crippen molar-refractivity contribution in [3.05, 3.63) is 52.3 Å². The SMILES string of the molecule is CC(C)c1cc(Br)ccc1Oc1ccnc(/C(N)=N/O)c1. The van der Waals surface area contributed by atoms with Gasteiger partial charge in [0.05, 0.1) is 0 Å². The highest BCUT2D eigenvalue weighted by Gasteiger charge is 2.10. The second-order valence-electron chi connectivity index (χ2n) is 4.80. The first-order valence-electron chi connectivity index (χ1n) is 6.42. The maximum atomic E-state index is 8.69. The minimum absolute atomic E-state index is 0.0552. The number of rotatable bonds is 4. The lowest BCUT2D eigenvalue weighted by molar-refractivity contribution is 0.318. The monoisotopic (exact) mass is 349 g/mol. The fourth-order valence-electron chi connectivity index (χ4n) is 1.86. The molecule has 0 aliphatic heterocycles. The predicted octanol–water partition coefficient (Wildman–Crippen LogP) is 3.85. The Bertz CT molecular complexity index is 672. The molecule has 2 aromatic rings. The molecule has 110 valence electrons. The van der Waals surface area contributed by atoms with E-state index < -0.39 is 0 Å². The van der Waals surface area contributed by atoms with E-state index in [0.29, 0.717) is 17.4 Å². The molecule has 21 heavy (non-hydrogen) atoms. The maximum absolute atomic E-state index is 8.69. The molecule has 0 radical (unpaired) electrons. The second-order valence-corrected chi connectivity index (χ2v) is 5.72. The van der Waals surface area contributed by atoms with Crippen LogP contribution in [0.4, 0.5) is 0 Å². The number of aromatic nitrogens is 1. The van der Waals surface area contributed by atoms with Crippen molar-refractivity contribution in [3.63, 3.8) is 0 Å². The normalized spacial score (nSPS) is 11.7. The van der Waals surface area contributed by atoms with Crippen molar-refractivity contribution in [1.29, 1.82) is 0 Å². The van der Waals surface area contributed by atoms with Gasteiger partial charge in [-0.15, -0.1) is 0 Å². The summed E-state index contributed by atoms with van der Waals surface area (Å²) < 4.78 is 6.91. The first-order valence-corrected chi connectivity index (χ1v) is 7.22. The summed E-state index contributed by atoms with van der Waals surface area (Å²) in [7, 11) is 0. The van der Waals surface area contributed by atoms with Crippen LogP contribution in [0.15, 0.2) is 46.2 Å². The van der Waals surface area contributed by atoms with Crippen molar-refractivity contribution >= 4 is 21.8 Å². The molecule has 0 unspecified atom stereocenters. The van der Waals surface area contributed by atoms with Crippen LogP contribution in [0.5, 0.6) is 11.5 Å². The highest BCUT2D eigenvalue weighted by molar-refractivity contribution is 9.10. The zero-order valence-corrected chi connectivity index (χ0v) is 13.3. The lowest BCUT2D eigenvalue weighted by Gasteiger charge is -2.14. The first kappa shape index (κ1) is 15.3. The summed E-state index contributed by atoms with van der Waals surface area (Å²) in [4.78, 5) is 4.02. The van der Waals surface area contributed by atoms with E-state index in [1.165, 1.54) is 0 Å². The lowest BCUT2D eigenvalue weighted by atomic mass is 10.0. The van der Waals surface area contributed by atoms with Crippen LogP contribution in [0.3, 0.4) is 0 Å². The third-order valence-corrected chi connectivity index (χ3v) is 3.42. The van der Waals surface area contributed by atoms with Crippen molar-refractivity contribution in [1.82, 2.24) is 4.98 Å². The number of halogens is 1. The Morgan fingerprint density at radius 3 is 2.76 bits per heavy atom. The molecular formula is C15H16BrN3O2. The number of benzene rings is 1. The average molecular weight is 350 g/mol. The molecule has 0 amide bonds. The van der Waals surface area contributed by atoms with Crippen LogP contribution in [0.1, 0.15) is 31.0 Å². The number of oxime groups is 1. The van der Waals surface area contributed by atoms with E-state index in [2.05, 4.69) is 39.9 Å². The number of hydrogen-bond donors (Lipinski definition) is 2. The van der Waals surface area contributed by atoms with Gasteiger partial charge in [0.25, 0.3) is 0 Å². The molecule has 1 heterocycles. The molecule has 1 aromatic carbocycles. The quantitative estimate of drug-likeness (QED) is 0.380. The number of nitrogens with zero attached hydrogens (tertiary/aromatic N) is 2. The number of amidine groups is 1. The van der Waals surface area contributed by atoms with Crippen LogP contribution < -0.4 is 10.5 Å². The summed E-state index contributed by atoms with van der Waals surface area (Å²) >= 11 is 3.46. The molecule has 0 bridgehead atoms. The summed E-state index contributed by atoms with van der Waals surface area (Å²) in [6, 6.07) is 9.21. The molecule has 1 aromatic heterocycles. The topological polar surface area (TPSA) is 80.7 Å². The van der Waals surface area contributed by atoms with Crippen LogP contribution >= 0.6 is 15.9 Å². The largest absolute Gasteiger partial charge is 0.457 e. The Morgan fingerprint density at radius 2 is 2.10 bits per heavy atom. The van der Waals surface area contributed by atoms with Gasteiger partial charge < -0.3 is 15.7 Å². The van der Waals surface area contributed by atoms with Crippen LogP contribution in [0.2, 0.25) is 0 Å². The van der Waals surface area contributed by atoms with Crippen LogP contribution in [0, 0.1) is 0 Å². The third-order valence-electron chi connectivity index (χ3n) is 2.92. The van der Waals surface area contributed by atoms with Crippen LogP contribution in [-0.2, 0) is 0 Å². The zero-order chi connectivity index (χ0) is 15.4. The third kappa shape index (κ3) is 3.72. The minimum atomic E-state index is -0.0552. The van der Waals surface area contributed by atoms with Crippen molar-refractivity contribution in [2.75, 3.05) is 0 Å². The van der Waals surface area contributed by atoms with Crippen molar-refractivity contribution in [2.45, 2.75) is 19.8 Å². The highest BCUT2D eigenvalue weighted by Crippen LogP contribution is 2.32. The molecule has 0 saturated carbocycles. The average Bonchev–Trinajstić information content (AvgIpc) is 2.48. The van der Waals surface area contributed by atoms with Gasteiger partial charge in [0.2, 0.25) is 0 Å². The van der Waals surface area contributed by atoms with E-state index in [1.54, 1.807) is 18.3 Å². The van der Waals surface area contributed by atoms with E-state index in [0.717, 1.165) is 15.8 Å². The molecule has 2 rings (SSSR count). The standard InChI is InChI=1S/C15H16BrN3O2/c1-9(2)12-7-10(16)3-4-14(12)21-11-5-6-18-13(8-11)15(17)19-20/h3-9,20H,1-2H3,(H2,17,19). The number of hydrogen-bond acceptors (Lipinski definition) is 4. The van der Waals surface area contributed by atoms with Gasteiger partial charge in [-0.2, -0.15) is 0 Å². The summed E-state index contributed by atoms with van der Waals surface area (Å²) in [5.74, 6) is 1.61. The van der Waals surface area contributed by atoms with Gasteiger partial charge in [-0.1, -0.05) is 34.9 Å². The van der Waals surface area contributed by atoms with Crippen LogP contribution in [-0.4, -0.2) is 16.0 Å². The Morgan fingerprint density at radius 1 is 1.33 bits per heavy atom. The van der Waals surface area contributed by atoms with Gasteiger partial charge in [-0.05, 0) is 35.7 Å². The second kappa shape index (κ2) is 6.58. The number of ether oxygens (including phenoxy) is 1. The Hall–Kier alpha value is -2.08. The smallest absolute Gasteiger partial charge is 0.188 e. The van der Waals surface area contributed by atoms with Gasteiger partial charge in [-0.25, -0.2) is 0 Å². The van der Waals surface area contributed by atoms with E-state index in [9.17, 15) is 0 Å². The van der Waals surface area contributed by atoms with Gasteiger partial charge in [0, 0.05) is 16.7 Å². The van der Waals surface area contributed by atoms with Gasteiger partial charge in [-0.3, -0.25) is 4.98 Å². The lowest BCUT2D eigenvalue weighted by Crippen LogP contribution is -2.14. The summed E-state index contributed by atoms with van der Waals surface area (Å²) in [5, 5.41) is 11.6. The Balaban J connectivity index is 2.34. The van der Waals surface area contributed by atoms with Crippen molar-refractivity contribution in [2.24, 2.45) is 10.9 Å². The van der Waals surface area contributed by atoms with Gasteiger partial charge >= 0.3 is 0 Å². The summed E-state index contributed by atoms with van der Waals surface area (Å²) in [6.45, 7) is 4.20. The summed E-state index contributed by atoms with van der Waals surface area (Å²) in [5.41, 5.74) is 6.98. The summed E-state index contributed by atoms with van der Waals surface area (Å²) in [6.07, 6.45) is 1.55. The molecule has 0 atom stereocenters. The molecule has 0 fully saturated rings. The molecule has 3 N–H and O–H groups in total. The van der Waals surface area contributed by atoms with Crippen LogP contribution in [0.25, 0.3) is 0 Å². The molecule has 0 aliphatic rings. The minimum Gasteiger partial charge on any atom is -0.457 e. The Kier molecular flexibility index (Phi) is 4.80. The Labute approximate surface area is 131 Å². The molecule has 0 spiro atoms. The van der Waals surface area contributed by atoms with E-state index >= 15 is 0 Å².